The molecule has 0 atom stereocenters. The van der Waals surface area contributed by atoms with Gasteiger partial charge in [0.1, 0.15) is 0 Å². The second-order valence-electron chi connectivity index (χ2n) is 6.70. The maximum Gasteiger partial charge on any atom is 0.253 e. The molecule has 2 heterocycles. The second-order valence-corrected chi connectivity index (χ2v) is 6.70. The number of aryl methyl sites for hydroxylation is 1. The van der Waals surface area contributed by atoms with Crippen LogP contribution in [-0.4, -0.2) is 78.2 Å². The summed E-state index contributed by atoms with van der Waals surface area (Å²) in [5, 5.41) is 3.26. The van der Waals surface area contributed by atoms with Gasteiger partial charge in [0, 0.05) is 45.9 Å². The molecule has 1 N–H and O–H groups in total. The van der Waals surface area contributed by atoms with Crippen LogP contribution < -0.4 is 5.32 Å². The number of likely N-dealkylation sites (N-methyl/N-ethyl adjacent to an activating group) is 1. The normalized spacial score (nSPS) is 16.0. The fourth-order valence-corrected chi connectivity index (χ4v) is 3.43. The zero-order valence-corrected chi connectivity index (χ0v) is 16.0. The predicted molar refractivity (Wildman–Crippen MR) is 104 cm³/mol. The van der Waals surface area contributed by atoms with E-state index in [1.807, 2.05) is 34.7 Å². The minimum absolute atomic E-state index is 0.101. The number of hydrogen-bond donors (Lipinski definition) is 1. The van der Waals surface area contributed by atoms with Crippen molar-refractivity contribution >= 4 is 22.9 Å². The zero-order valence-electron chi connectivity index (χ0n) is 16.0. The number of hydrogen-bond acceptors (Lipinski definition) is 5. The average molecular weight is 359 g/mol. The van der Waals surface area contributed by atoms with Crippen LogP contribution in [0.1, 0.15) is 23.7 Å². The number of nitrogens with zero attached hydrogens (tertiary/aromatic N) is 4. The van der Waals surface area contributed by atoms with Crippen molar-refractivity contribution in [3.05, 3.63) is 23.8 Å². The third-order valence-corrected chi connectivity index (χ3v) is 5.04. The van der Waals surface area contributed by atoms with Crippen LogP contribution in [0.15, 0.2) is 18.2 Å². The van der Waals surface area contributed by atoms with Gasteiger partial charge in [-0.15, -0.1) is 0 Å². The highest BCUT2D eigenvalue weighted by Gasteiger charge is 2.20. The largest absolute Gasteiger partial charge is 0.383 e. The van der Waals surface area contributed by atoms with E-state index in [1.54, 1.807) is 7.11 Å². The van der Waals surface area contributed by atoms with Crippen LogP contribution >= 0.6 is 0 Å². The van der Waals surface area contributed by atoms with Crippen molar-refractivity contribution in [3.63, 3.8) is 0 Å². The van der Waals surface area contributed by atoms with Crippen LogP contribution in [0.3, 0.4) is 0 Å². The summed E-state index contributed by atoms with van der Waals surface area (Å²) < 4.78 is 7.07. The molecule has 0 spiro atoms. The number of rotatable bonds is 6. The second kappa shape index (κ2) is 8.51. The first kappa shape index (κ1) is 18.7. The number of anilines is 1. The summed E-state index contributed by atoms with van der Waals surface area (Å²) >= 11 is 0. The predicted octanol–water partition coefficient (Wildman–Crippen LogP) is 1.80. The molecule has 1 aliphatic rings. The lowest BCUT2D eigenvalue weighted by molar-refractivity contribution is 0.0762. The molecule has 2 aromatic rings. The number of benzene rings is 1. The SMILES string of the molecule is CCN1CCCN(C(=O)c2ccc3c(c2)nc(NCCOC)n3C)CC1. The summed E-state index contributed by atoms with van der Waals surface area (Å²) in [5.74, 6) is 0.888. The molecule has 1 aromatic carbocycles. The van der Waals surface area contributed by atoms with E-state index in [-0.39, 0.29) is 5.91 Å². The summed E-state index contributed by atoms with van der Waals surface area (Å²) in [5.41, 5.74) is 2.56. The Labute approximate surface area is 154 Å². The minimum Gasteiger partial charge on any atom is -0.383 e. The number of ether oxygens (including phenoxy) is 1. The lowest BCUT2D eigenvalue weighted by Crippen LogP contribution is -2.35. The Morgan fingerprint density at radius 2 is 2.12 bits per heavy atom. The van der Waals surface area contributed by atoms with E-state index in [1.165, 1.54) is 0 Å². The molecule has 0 aliphatic carbocycles. The number of amides is 1. The quantitative estimate of drug-likeness (QED) is 0.797. The van der Waals surface area contributed by atoms with Crippen molar-refractivity contribution in [2.75, 3.05) is 58.3 Å². The molecule has 7 nitrogen and oxygen atoms in total. The highest BCUT2D eigenvalue weighted by atomic mass is 16.5. The van der Waals surface area contributed by atoms with Gasteiger partial charge in [-0.1, -0.05) is 6.92 Å². The Morgan fingerprint density at radius 1 is 1.27 bits per heavy atom. The number of nitrogens with one attached hydrogen (secondary N) is 1. The van der Waals surface area contributed by atoms with Gasteiger partial charge in [-0.05, 0) is 37.7 Å². The molecule has 0 bridgehead atoms. The molecule has 1 saturated heterocycles. The number of aromatic nitrogens is 2. The van der Waals surface area contributed by atoms with Crippen molar-refractivity contribution in [3.8, 4) is 0 Å². The number of imidazole rings is 1. The maximum atomic E-state index is 12.9. The summed E-state index contributed by atoms with van der Waals surface area (Å²) in [6.07, 6.45) is 1.03. The van der Waals surface area contributed by atoms with Crippen LogP contribution in [0.25, 0.3) is 11.0 Å². The summed E-state index contributed by atoms with van der Waals surface area (Å²) in [7, 11) is 3.65. The van der Waals surface area contributed by atoms with Crippen molar-refractivity contribution in [1.82, 2.24) is 19.4 Å². The summed E-state index contributed by atoms with van der Waals surface area (Å²) in [6, 6.07) is 5.79. The van der Waals surface area contributed by atoms with Crippen LogP contribution in [0.4, 0.5) is 5.95 Å². The first-order valence-corrected chi connectivity index (χ1v) is 9.35. The molecular weight excluding hydrogens is 330 g/mol. The van der Waals surface area contributed by atoms with Crippen LogP contribution in [0.2, 0.25) is 0 Å². The van der Waals surface area contributed by atoms with Gasteiger partial charge in [-0.2, -0.15) is 0 Å². The van der Waals surface area contributed by atoms with Gasteiger partial charge in [0.2, 0.25) is 5.95 Å². The smallest absolute Gasteiger partial charge is 0.253 e. The molecule has 0 radical (unpaired) electrons. The molecule has 0 unspecified atom stereocenters. The number of fused-ring (bicyclic) bond motifs is 1. The molecule has 1 aromatic heterocycles. The van der Waals surface area contributed by atoms with E-state index < -0.39 is 0 Å². The van der Waals surface area contributed by atoms with Crippen molar-refractivity contribution < 1.29 is 9.53 Å². The molecule has 1 fully saturated rings. The van der Waals surface area contributed by atoms with E-state index in [2.05, 4.69) is 22.1 Å². The highest BCUT2D eigenvalue weighted by molar-refractivity contribution is 5.97. The Balaban J connectivity index is 1.76. The Morgan fingerprint density at radius 3 is 2.88 bits per heavy atom. The molecule has 0 saturated carbocycles. The molecule has 7 heteroatoms. The minimum atomic E-state index is 0.101. The Bertz CT molecular complexity index is 758. The molecule has 1 aliphatic heterocycles. The molecule has 26 heavy (non-hydrogen) atoms. The molecule has 142 valence electrons. The lowest BCUT2D eigenvalue weighted by Gasteiger charge is -2.21. The summed E-state index contributed by atoms with van der Waals surface area (Å²) in [4.78, 5) is 21.9. The van der Waals surface area contributed by atoms with Crippen molar-refractivity contribution in [1.29, 1.82) is 0 Å². The number of carbonyl (C=O) groups excluding carboxylic acids is 1. The standard InChI is InChI=1S/C19H29N5O2/c1-4-23-9-5-10-24(12-11-23)18(25)15-6-7-17-16(14-15)21-19(22(17)2)20-8-13-26-3/h6-7,14H,4-5,8-13H2,1-3H3,(H,20,21). The third-order valence-electron chi connectivity index (χ3n) is 5.04. The van der Waals surface area contributed by atoms with Crippen LogP contribution in [-0.2, 0) is 11.8 Å². The van der Waals surface area contributed by atoms with Gasteiger partial charge in [0.05, 0.1) is 17.6 Å². The van der Waals surface area contributed by atoms with E-state index in [0.717, 1.165) is 56.1 Å². The van der Waals surface area contributed by atoms with Gasteiger partial charge in [0.15, 0.2) is 0 Å². The Kier molecular flexibility index (Phi) is 6.11. The van der Waals surface area contributed by atoms with E-state index in [0.29, 0.717) is 18.7 Å². The van der Waals surface area contributed by atoms with Crippen LogP contribution in [0, 0.1) is 0 Å². The number of methoxy groups -OCH3 is 1. The average Bonchev–Trinajstić information content (AvgIpc) is 2.84. The van der Waals surface area contributed by atoms with Gasteiger partial charge >= 0.3 is 0 Å². The third kappa shape index (κ3) is 3.99. The first-order chi connectivity index (χ1) is 12.6. The highest BCUT2D eigenvalue weighted by Crippen LogP contribution is 2.21. The van der Waals surface area contributed by atoms with Crippen molar-refractivity contribution in [2.24, 2.45) is 7.05 Å². The number of carbonyl (C=O) groups is 1. The fourth-order valence-electron chi connectivity index (χ4n) is 3.43. The molecule has 3 rings (SSSR count). The van der Waals surface area contributed by atoms with Gasteiger partial charge in [0.25, 0.3) is 5.91 Å². The van der Waals surface area contributed by atoms with E-state index in [4.69, 9.17) is 4.74 Å². The zero-order chi connectivity index (χ0) is 18.5. The van der Waals surface area contributed by atoms with Crippen molar-refractivity contribution in [2.45, 2.75) is 13.3 Å². The van der Waals surface area contributed by atoms with Gasteiger partial charge in [-0.3, -0.25) is 4.79 Å². The van der Waals surface area contributed by atoms with Gasteiger partial charge < -0.3 is 24.4 Å². The van der Waals surface area contributed by atoms with Crippen LogP contribution in [0.5, 0.6) is 0 Å². The Hall–Kier alpha value is -2.12. The molecule has 1 amide bonds. The van der Waals surface area contributed by atoms with E-state index in [9.17, 15) is 4.79 Å². The monoisotopic (exact) mass is 359 g/mol. The lowest BCUT2D eigenvalue weighted by atomic mass is 10.1. The first-order valence-electron chi connectivity index (χ1n) is 9.35. The molecular formula is C19H29N5O2. The van der Waals surface area contributed by atoms with E-state index >= 15 is 0 Å². The fraction of sp³-hybridized carbons (Fsp3) is 0.579. The van der Waals surface area contributed by atoms with Gasteiger partial charge in [-0.25, -0.2) is 4.98 Å². The topological polar surface area (TPSA) is 62.6 Å². The summed E-state index contributed by atoms with van der Waals surface area (Å²) in [6.45, 7) is 8.15. The maximum absolute atomic E-state index is 12.9.